The minimum Gasteiger partial charge on any atom is -0.370 e. The van der Waals surface area contributed by atoms with E-state index in [9.17, 15) is 0 Å². The average molecular weight is 264 g/mol. The molecule has 0 aromatic carbocycles. The van der Waals surface area contributed by atoms with Crippen molar-refractivity contribution in [1.82, 2.24) is 9.97 Å². The Morgan fingerprint density at radius 1 is 1.05 bits per heavy atom. The summed E-state index contributed by atoms with van der Waals surface area (Å²) in [7, 11) is 0. The molecule has 108 valence electrons. The Morgan fingerprint density at radius 3 is 2.58 bits per heavy atom. The van der Waals surface area contributed by atoms with Crippen LogP contribution in [0.25, 0.3) is 0 Å². The second-order valence-electron chi connectivity index (χ2n) is 5.11. The van der Waals surface area contributed by atoms with E-state index in [4.69, 9.17) is 0 Å². The predicted molar refractivity (Wildman–Crippen MR) is 82.7 cm³/mol. The van der Waals surface area contributed by atoms with Crippen molar-refractivity contribution in [2.24, 2.45) is 0 Å². The number of unbranched alkanes of at least 4 members (excludes halogenated alkanes) is 3. The van der Waals surface area contributed by atoms with Gasteiger partial charge >= 0.3 is 0 Å². The molecule has 1 aromatic rings. The van der Waals surface area contributed by atoms with Gasteiger partial charge in [-0.1, -0.05) is 39.5 Å². The van der Waals surface area contributed by atoms with Crippen molar-refractivity contribution < 1.29 is 0 Å². The Bertz CT molecular complexity index is 341. The van der Waals surface area contributed by atoms with Gasteiger partial charge in [-0.3, -0.25) is 0 Å². The number of anilines is 2. The van der Waals surface area contributed by atoms with Crippen LogP contribution in [-0.2, 0) is 0 Å². The lowest BCUT2D eigenvalue weighted by Gasteiger charge is -2.14. The lowest BCUT2D eigenvalue weighted by Crippen LogP contribution is -2.16. The summed E-state index contributed by atoms with van der Waals surface area (Å²) in [6, 6.07) is 2.45. The summed E-state index contributed by atoms with van der Waals surface area (Å²) in [5.74, 6) is 1.81. The highest BCUT2D eigenvalue weighted by atomic mass is 15.1. The highest BCUT2D eigenvalue weighted by Crippen LogP contribution is 2.12. The van der Waals surface area contributed by atoms with E-state index in [0.29, 0.717) is 6.04 Å². The minimum absolute atomic E-state index is 0.464. The van der Waals surface area contributed by atoms with Crippen LogP contribution in [-0.4, -0.2) is 22.6 Å². The smallest absolute Gasteiger partial charge is 0.131 e. The zero-order valence-electron chi connectivity index (χ0n) is 12.6. The average Bonchev–Trinajstić information content (AvgIpc) is 2.42. The van der Waals surface area contributed by atoms with E-state index in [2.05, 4.69) is 41.4 Å². The van der Waals surface area contributed by atoms with Gasteiger partial charge in [-0.15, -0.1) is 0 Å². The first-order valence-corrected chi connectivity index (χ1v) is 7.58. The molecular weight excluding hydrogens is 236 g/mol. The van der Waals surface area contributed by atoms with E-state index in [1.165, 1.54) is 32.1 Å². The highest BCUT2D eigenvalue weighted by Gasteiger charge is 2.04. The molecule has 19 heavy (non-hydrogen) atoms. The van der Waals surface area contributed by atoms with E-state index < -0.39 is 0 Å². The monoisotopic (exact) mass is 264 g/mol. The van der Waals surface area contributed by atoms with Crippen LogP contribution in [0, 0.1) is 0 Å². The Morgan fingerprint density at radius 2 is 1.84 bits per heavy atom. The molecule has 0 amide bonds. The number of hydrogen-bond donors (Lipinski definition) is 2. The van der Waals surface area contributed by atoms with E-state index in [0.717, 1.165) is 24.6 Å². The van der Waals surface area contributed by atoms with Crippen molar-refractivity contribution in [2.45, 2.75) is 65.3 Å². The molecule has 1 heterocycles. The van der Waals surface area contributed by atoms with E-state index >= 15 is 0 Å². The largest absolute Gasteiger partial charge is 0.370 e. The Balaban J connectivity index is 2.34. The van der Waals surface area contributed by atoms with Crippen LogP contribution < -0.4 is 10.6 Å². The molecule has 0 radical (unpaired) electrons. The van der Waals surface area contributed by atoms with Crippen LogP contribution in [0.4, 0.5) is 11.6 Å². The minimum atomic E-state index is 0.464. The summed E-state index contributed by atoms with van der Waals surface area (Å²) in [5, 5.41) is 6.72. The molecule has 2 N–H and O–H groups in total. The van der Waals surface area contributed by atoms with E-state index in [-0.39, 0.29) is 0 Å². The van der Waals surface area contributed by atoms with Gasteiger partial charge in [-0.25, -0.2) is 9.97 Å². The molecule has 0 aliphatic heterocycles. The number of nitrogens with one attached hydrogen (secondary N) is 2. The fraction of sp³-hybridized carbons (Fsp3) is 0.733. The molecule has 0 saturated carbocycles. The van der Waals surface area contributed by atoms with Gasteiger partial charge in [0.05, 0.1) is 0 Å². The third-order valence-electron chi connectivity index (χ3n) is 3.11. The van der Waals surface area contributed by atoms with Gasteiger partial charge in [0.2, 0.25) is 0 Å². The topological polar surface area (TPSA) is 49.8 Å². The summed E-state index contributed by atoms with van der Waals surface area (Å²) in [5.41, 5.74) is 0. The van der Waals surface area contributed by atoms with E-state index in [1.807, 2.05) is 6.07 Å². The van der Waals surface area contributed by atoms with Crippen LogP contribution in [0.1, 0.15) is 59.3 Å². The fourth-order valence-electron chi connectivity index (χ4n) is 1.99. The molecule has 0 bridgehead atoms. The third kappa shape index (κ3) is 6.99. The molecule has 0 aliphatic carbocycles. The Labute approximate surface area is 117 Å². The Kier molecular flexibility index (Phi) is 7.94. The molecule has 0 saturated heterocycles. The molecule has 0 fully saturated rings. The number of nitrogens with zero attached hydrogens (tertiary/aromatic N) is 2. The van der Waals surface area contributed by atoms with Gasteiger partial charge < -0.3 is 10.6 Å². The van der Waals surface area contributed by atoms with Crippen LogP contribution in [0.3, 0.4) is 0 Å². The standard InChI is InChI=1S/C15H28N4/c1-4-6-7-8-9-13(3)19-15-11-14(16-10-5-2)17-12-18-15/h11-13H,4-10H2,1-3H3,(H2,16,17,18,19). The molecule has 1 unspecified atom stereocenters. The molecule has 1 atom stereocenters. The maximum absolute atomic E-state index is 4.27. The van der Waals surface area contributed by atoms with Gasteiger partial charge in [0.15, 0.2) is 0 Å². The summed E-state index contributed by atoms with van der Waals surface area (Å²) in [6.07, 6.45) is 9.15. The van der Waals surface area contributed by atoms with Crippen molar-refractivity contribution in [3.05, 3.63) is 12.4 Å². The van der Waals surface area contributed by atoms with Crippen molar-refractivity contribution in [3.63, 3.8) is 0 Å². The lowest BCUT2D eigenvalue weighted by atomic mass is 10.1. The van der Waals surface area contributed by atoms with Crippen molar-refractivity contribution >= 4 is 11.6 Å². The molecule has 1 aromatic heterocycles. The van der Waals surface area contributed by atoms with Gasteiger partial charge in [-0.05, 0) is 19.8 Å². The van der Waals surface area contributed by atoms with Crippen LogP contribution >= 0.6 is 0 Å². The van der Waals surface area contributed by atoms with Crippen LogP contribution in [0.2, 0.25) is 0 Å². The summed E-state index contributed by atoms with van der Waals surface area (Å²) >= 11 is 0. The van der Waals surface area contributed by atoms with Crippen molar-refractivity contribution in [3.8, 4) is 0 Å². The van der Waals surface area contributed by atoms with Crippen LogP contribution in [0.5, 0.6) is 0 Å². The van der Waals surface area contributed by atoms with E-state index in [1.54, 1.807) is 6.33 Å². The highest BCUT2D eigenvalue weighted by molar-refractivity contribution is 5.46. The van der Waals surface area contributed by atoms with Crippen molar-refractivity contribution in [1.29, 1.82) is 0 Å². The van der Waals surface area contributed by atoms with Gasteiger partial charge in [0, 0.05) is 18.7 Å². The van der Waals surface area contributed by atoms with Gasteiger partial charge in [0.1, 0.15) is 18.0 Å². The first-order valence-electron chi connectivity index (χ1n) is 7.58. The first-order chi connectivity index (χ1) is 9.26. The molecule has 4 nitrogen and oxygen atoms in total. The zero-order valence-corrected chi connectivity index (χ0v) is 12.6. The second-order valence-corrected chi connectivity index (χ2v) is 5.11. The first kappa shape index (κ1) is 15.7. The summed E-state index contributed by atoms with van der Waals surface area (Å²) < 4.78 is 0. The second kappa shape index (κ2) is 9.59. The summed E-state index contributed by atoms with van der Waals surface area (Å²) in [6.45, 7) is 7.55. The van der Waals surface area contributed by atoms with Gasteiger partial charge in [0.25, 0.3) is 0 Å². The maximum Gasteiger partial charge on any atom is 0.131 e. The normalized spacial score (nSPS) is 12.2. The number of rotatable bonds is 10. The third-order valence-corrected chi connectivity index (χ3v) is 3.11. The number of aromatic nitrogens is 2. The lowest BCUT2D eigenvalue weighted by molar-refractivity contribution is 0.593. The maximum atomic E-state index is 4.27. The fourth-order valence-corrected chi connectivity index (χ4v) is 1.99. The zero-order chi connectivity index (χ0) is 13.9. The van der Waals surface area contributed by atoms with Crippen molar-refractivity contribution in [2.75, 3.05) is 17.2 Å². The summed E-state index contributed by atoms with van der Waals surface area (Å²) in [4.78, 5) is 8.48. The Hall–Kier alpha value is -1.32. The quantitative estimate of drug-likeness (QED) is 0.625. The van der Waals surface area contributed by atoms with Gasteiger partial charge in [-0.2, -0.15) is 0 Å². The molecule has 1 rings (SSSR count). The molecule has 4 heteroatoms. The SMILES string of the molecule is CCCCCCC(C)Nc1cc(NCCC)ncn1. The predicted octanol–water partition coefficient (Wildman–Crippen LogP) is 4.07. The molecular formula is C15H28N4. The molecule has 0 spiro atoms. The van der Waals surface area contributed by atoms with Crippen LogP contribution in [0.15, 0.2) is 12.4 Å². The molecule has 0 aliphatic rings. The number of hydrogen-bond acceptors (Lipinski definition) is 4.